The first kappa shape index (κ1) is 15.4. The average Bonchev–Trinajstić information content (AvgIpc) is 2.59. The fraction of sp³-hybridized carbons (Fsp3) is 0. The molecule has 0 saturated carbocycles. The van der Waals surface area contributed by atoms with Crippen LogP contribution in [0.3, 0.4) is 0 Å². The summed E-state index contributed by atoms with van der Waals surface area (Å²) in [6.07, 6.45) is 0.689. The molecule has 0 spiro atoms. The van der Waals surface area contributed by atoms with E-state index in [4.69, 9.17) is 0 Å². The fourth-order valence-corrected chi connectivity index (χ4v) is 2.59. The van der Waals surface area contributed by atoms with Crippen molar-refractivity contribution in [2.75, 3.05) is 0 Å². The number of rotatable bonds is 4. The van der Waals surface area contributed by atoms with Crippen LogP contribution in [-0.4, -0.2) is 28.3 Å². The molecule has 2 N–H and O–H groups in total. The van der Waals surface area contributed by atoms with Gasteiger partial charge in [0.25, 0.3) is 0 Å². The Morgan fingerprint density at radius 1 is 0.833 bits per heavy atom. The summed E-state index contributed by atoms with van der Waals surface area (Å²) in [6, 6.07) is 13.2. The molecule has 5 nitrogen and oxygen atoms in total. The van der Waals surface area contributed by atoms with Crippen LogP contribution >= 0.6 is 0 Å². The maximum atomic E-state index is 12.7. The van der Waals surface area contributed by atoms with Gasteiger partial charge >= 0.3 is 5.97 Å². The highest BCUT2D eigenvalue weighted by Gasteiger charge is 2.17. The van der Waals surface area contributed by atoms with Crippen LogP contribution in [0.4, 0.5) is 0 Å². The highest BCUT2D eigenvalue weighted by Crippen LogP contribution is 2.28. The Morgan fingerprint density at radius 3 is 2.12 bits per heavy atom. The van der Waals surface area contributed by atoms with Crippen LogP contribution < -0.4 is 0 Å². The number of carboxylic acid groups (broad SMARTS) is 1. The van der Waals surface area contributed by atoms with Crippen molar-refractivity contribution in [3.63, 3.8) is 0 Å². The van der Waals surface area contributed by atoms with E-state index in [9.17, 15) is 24.6 Å². The minimum atomic E-state index is -1.14. The lowest BCUT2D eigenvalue weighted by Crippen LogP contribution is -2.05. The molecule has 24 heavy (non-hydrogen) atoms. The molecular weight excluding hydrogens is 308 g/mol. The number of fused-ring (bicyclic) bond motifs is 1. The van der Waals surface area contributed by atoms with Crippen molar-refractivity contribution < 1.29 is 24.6 Å². The average molecular weight is 320 g/mol. The number of benzene rings is 3. The summed E-state index contributed by atoms with van der Waals surface area (Å²) in [5.74, 6) is -1.51. The predicted octanol–water partition coefficient (Wildman–Crippen LogP) is 3.29. The summed E-state index contributed by atoms with van der Waals surface area (Å²) >= 11 is 0. The molecule has 0 aromatic heterocycles. The molecule has 3 aromatic carbocycles. The minimum Gasteiger partial charge on any atom is -0.508 e. The molecule has 118 valence electrons. The highest BCUT2D eigenvalue weighted by atomic mass is 16.4. The zero-order valence-electron chi connectivity index (χ0n) is 12.4. The lowest BCUT2D eigenvalue weighted by Gasteiger charge is -2.09. The summed E-state index contributed by atoms with van der Waals surface area (Å²) in [4.78, 5) is 34.8. The SMILES string of the molecule is O=Cc1ccc(C(=O)c2ccc(C(=O)O)c3cc(O)ccc23)cc1. The summed E-state index contributed by atoms with van der Waals surface area (Å²) < 4.78 is 0. The standard InChI is InChI=1S/C19H12O5/c20-10-11-1-3-12(4-2-11)18(22)15-7-8-16(19(23)24)17-9-13(21)5-6-14(15)17/h1-10,21H,(H,23,24). The first-order valence-electron chi connectivity index (χ1n) is 7.10. The van der Waals surface area contributed by atoms with Crippen molar-refractivity contribution in [1.29, 1.82) is 0 Å². The van der Waals surface area contributed by atoms with E-state index >= 15 is 0 Å². The van der Waals surface area contributed by atoms with Gasteiger partial charge in [-0.15, -0.1) is 0 Å². The Hall–Kier alpha value is -3.47. The maximum Gasteiger partial charge on any atom is 0.336 e. The molecule has 0 saturated heterocycles. The van der Waals surface area contributed by atoms with Gasteiger partial charge in [-0.25, -0.2) is 4.79 Å². The van der Waals surface area contributed by atoms with Gasteiger partial charge in [0.2, 0.25) is 0 Å². The van der Waals surface area contributed by atoms with E-state index in [0.717, 1.165) is 0 Å². The van der Waals surface area contributed by atoms with Crippen LogP contribution in [-0.2, 0) is 0 Å². The Balaban J connectivity index is 2.18. The van der Waals surface area contributed by atoms with E-state index in [1.54, 1.807) is 24.3 Å². The molecular formula is C19H12O5. The van der Waals surface area contributed by atoms with Crippen LogP contribution in [0.5, 0.6) is 5.75 Å². The smallest absolute Gasteiger partial charge is 0.336 e. The molecule has 0 aliphatic heterocycles. The normalized spacial score (nSPS) is 10.5. The molecule has 0 atom stereocenters. The van der Waals surface area contributed by atoms with Gasteiger partial charge in [-0.1, -0.05) is 24.3 Å². The summed E-state index contributed by atoms with van der Waals surface area (Å²) in [7, 11) is 0. The molecule has 5 heteroatoms. The van der Waals surface area contributed by atoms with Crippen molar-refractivity contribution in [2.24, 2.45) is 0 Å². The van der Waals surface area contributed by atoms with Gasteiger partial charge in [0, 0.05) is 22.1 Å². The van der Waals surface area contributed by atoms with Crippen LogP contribution in [0.2, 0.25) is 0 Å². The summed E-state index contributed by atoms with van der Waals surface area (Å²) in [5, 5.41) is 19.6. The van der Waals surface area contributed by atoms with Gasteiger partial charge in [-0.3, -0.25) is 9.59 Å². The third-order valence-electron chi connectivity index (χ3n) is 3.78. The van der Waals surface area contributed by atoms with Gasteiger partial charge in [0.05, 0.1) is 5.56 Å². The second-order valence-corrected chi connectivity index (χ2v) is 5.26. The number of aromatic hydroxyl groups is 1. The monoisotopic (exact) mass is 320 g/mol. The molecule has 0 heterocycles. The fourth-order valence-electron chi connectivity index (χ4n) is 2.59. The first-order chi connectivity index (χ1) is 11.5. The van der Waals surface area contributed by atoms with Crippen molar-refractivity contribution in [3.05, 3.63) is 76.9 Å². The van der Waals surface area contributed by atoms with Crippen LogP contribution in [0, 0.1) is 0 Å². The number of aromatic carboxylic acids is 1. The Kier molecular flexibility index (Phi) is 3.83. The van der Waals surface area contributed by atoms with E-state index in [1.165, 1.54) is 30.3 Å². The summed E-state index contributed by atoms with van der Waals surface area (Å²) in [6.45, 7) is 0. The third kappa shape index (κ3) is 2.63. The van der Waals surface area contributed by atoms with Crippen molar-refractivity contribution in [1.82, 2.24) is 0 Å². The zero-order chi connectivity index (χ0) is 17.3. The van der Waals surface area contributed by atoms with Crippen LogP contribution in [0.15, 0.2) is 54.6 Å². The summed E-state index contributed by atoms with van der Waals surface area (Å²) in [5.41, 5.74) is 1.18. The first-order valence-corrected chi connectivity index (χ1v) is 7.10. The number of ketones is 1. The predicted molar refractivity (Wildman–Crippen MR) is 87.8 cm³/mol. The lowest BCUT2D eigenvalue weighted by atomic mass is 9.94. The molecule has 0 unspecified atom stereocenters. The van der Waals surface area contributed by atoms with E-state index in [-0.39, 0.29) is 22.5 Å². The molecule has 0 fully saturated rings. The second-order valence-electron chi connectivity index (χ2n) is 5.26. The maximum absolute atomic E-state index is 12.7. The number of carbonyl (C=O) groups is 3. The number of carbonyl (C=O) groups excluding carboxylic acids is 2. The molecule has 3 rings (SSSR count). The van der Waals surface area contributed by atoms with E-state index < -0.39 is 5.97 Å². The third-order valence-corrected chi connectivity index (χ3v) is 3.78. The molecule has 0 aliphatic rings. The van der Waals surface area contributed by atoms with Crippen LogP contribution in [0.1, 0.15) is 36.6 Å². The minimum absolute atomic E-state index is 0.00810. The Labute approximate surface area is 136 Å². The number of phenols is 1. The number of hydrogen-bond acceptors (Lipinski definition) is 4. The van der Waals surface area contributed by atoms with Crippen molar-refractivity contribution in [2.45, 2.75) is 0 Å². The Bertz CT molecular complexity index is 971. The van der Waals surface area contributed by atoms with Crippen molar-refractivity contribution >= 4 is 28.8 Å². The molecule has 0 aliphatic carbocycles. The van der Waals surface area contributed by atoms with Gasteiger partial charge < -0.3 is 10.2 Å². The van der Waals surface area contributed by atoms with E-state index in [2.05, 4.69) is 0 Å². The van der Waals surface area contributed by atoms with Gasteiger partial charge in [-0.2, -0.15) is 0 Å². The molecule has 0 bridgehead atoms. The molecule has 0 amide bonds. The topological polar surface area (TPSA) is 91.7 Å². The zero-order valence-corrected chi connectivity index (χ0v) is 12.4. The lowest BCUT2D eigenvalue weighted by molar-refractivity contribution is 0.0698. The number of hydrogen-bond donors (Lipinski definition) is 2. The van der Waals surface area contributed by atoms with E-state index in [0.29, 0.717) is 28.4 Å². The molecule has 3 aromatic rings. The van der Waals surface area contributed by atoms with Crippen molar-refractivity contribution in [3.8, 4) is 5.75 Å². The largest absolute Gasteiger partial charge is 0.508 e. The number of carboxylic acids is 1. The second kappa shape index (κ2) is 5.96. The quantitative estimate of drug-likeness (QED) is 0.568. The number of phenolic OH excluding ortho intramolecular Hbond substituents is 1. The van der Waals surface area contributed by atoms with Gasteiger partial charge in [-0.05, 0) is 35.7 Å². The Morgan fingerprint density at radius 2 is 1.50 bits per heavy atom. The van der Waals surface area contributed by atoms with Gasteiger partial charge in [0.15, 0.2) is 5.78 Å². The van der Waals surface area contributed by atoms with E-state index in [1.807, 2.05) is 0 Å². The van der Waals surface area contributed by atoms with Crippen LogP contribution in [0.25, 0.3) is 10.8 Å². The highest BCUT2D eigenvalue weighted by molar-refractivity contribution is 6.19. The molecule has 0 radical (unpaired) electrons. The number of aldehydes is 1. The van der Waals surface area contributed by atoms with Gasteiger partial charge in [0.1, 0.15) is 12.0 Å².